The number of hydrazine groups is 1. The molecule has 0 saturated heterocycles. The SMILES string of the molecule is O=C(O)N1CSC=CN1. The van der Waals surface area contributed by atoms with E-state index in [9.17, 15) is 4.79 Å². The third kappa shape index (κ3) is 1.53. The van der Waals surface area contributed by atoms with E-state index in [1.165, 1.54) is 11.8 Å². The van der Waals surface area contributed by atoms with Gasteiger partial charge in [0.2, 0.25) is 0 Å². The van der Waals surface area contributed by atoms with Crippen molar-refractivity contribution in [3.05, 3.63) is 11.6 Å². The lowest BCUT2D eigenvalue weighted by Crippen LogP contribution is -2.39. The fourth-order valence-corrected chi connectivity index (χ4v) is 1.01. The number of carboxylic acid groups (broad SMARTS) is 1. The van der Waals surface area contributed by atoms with Gasteiger partial charge in [-0.3, -0.25) is 5.43 Å². The Hall–Kier alpha value is -0.840. The van der Waals surface area contributed by atoms with Crippen molar-refractivity contribution in [3.8, 4) is 0 Å². The fourth-order valence-electron chi connectivity index (χ4n) is 0.434. The standard InChI is InChI=1S/C4H6N2O2S/c7-4(8)6-3-9-2-1-5-6/h1-2,5H,3H2,(H,7,8). The number of amides is 1. The second-order valence-electron chi connectivity index (χ2n) is 1.44. The van der Waals surface area contributed by atoms with Crippen LogP contribution in [0.2, 0.25) is 0 Å². The van der Waals surface area contributed by atoms with Crippen molar-refractivity contribution < 1.29 is 9.90 Å². The van der Waals surface area contributed by atoms with Gasteiger partial charge in [0.1, 0.15) is 0 Å². The maximum atomic E-state index is 10.2. The van der Waals surface area contributed by atoms with Gasteiger partial charge in [-0.25, -0.2) is 9.80 Å². The van der Waals surface area contributed by atoms with Crippen molar-refractivity contribution in [2.24, 2.45) is 0 Å². The average Bonchev–Trinajstić information content (AvgIpc) is 1.90. The topological polar surface area (TPSA) is 52.6 Å². The van der Waals surface area contributed by atoms with Gasteiger partial charge >= 0.3 is 6.09 Å². The first kappa shape index (κ1) is 6.28. The van der Waals surface area contributed by atoms with Crippen LogP contribution in [-0.2, 0) is 0 Å². The molecule has 1 amide bonds. The first-order valence-corrected chi connectivity index (χ1v) is 3.39. The Bertz CT molecular complexity index is 148. The Morgan fingerprint density at radius 3 is 3.00 bits per heavy atom. The third-order valence-electron chi connectivity index (χ3n) is 0.829. The summed E-state index contributed by atoms with van der Waals surface area (Å²) in [5.74, 6) is 0.450. The summed E-state index contributed by atoms with van der Waals surface area (Å²) in [6.45, 7) is 0. The summed E-state index contributed by atoms with van der Waals surface area (Å²) < 4.78 is 0. The molecule has 1 aliphatic rings. The predicted octanol–water partition coefficient (Wildman–Crippen LogP) is 0.647. The normalized spacial score (nSPS) is 17.1. The van der Waals surface area contributed by atoms with Crippen LogP contribution in [0.5, 0.6) is 0 Å². The molecule has 0 atom stereocenters. The highest BCUT2D eigenvalue weighted by Crippen LogP contribution is 2.07. The highest BCUT2D eigenvalue weighted by atomic mass is 32.2. The average molecular weight is 146 g/mol. The van der Waals surface area contributed by atoms with Crippen LogP contribution in [0.3, 0.4) is 0 Å². The lowest BCUT2D eigenvalue weighted by Gasteiger charge is -2.19. The van der Waals surface area contributed by atoms with E-state index in [0.717, 1.165) is 5.01 Å². The van der Waals surface area contributed by atoms with Crippen LogP contribution in [0.25, 0.3) is 0 Å². The van der Waals surface area contributed by atoms with E-state index in [0.29, 0.717) is 5.88 Å². The van der Waals surface area contributed by atoms with Crippen molar-refractivity contribution >= 4 is 17.9 Å². The number of nitrogens with zero attached hydrogens (tertiary/aromatic N) is 1. The summed E-state index contributed by atoms with van der Waals surface area (Å²) in [4.78, 5) is 10.2. The Balaban J connectivity index is 2.44. The highest BCUT2D eigenvalue weighted by Gasteiger charge is 2.10. The fraction of sp³-hybridized carbons (Fsp3) is 0.250. The van der Waals surface area contributed by atoms with Crippen molar-refractivity contribution in [3.63, 3.8) is 0 Å². The molecule has 0 saturated carbocycles. The van der Waals surface area contributed by atoms with Crippen LogP contribution in [0, 0.1) is 0 Å². The van der Waals surface area contributed by atoms with E-state index < -0.39 is 6.09 Å². The van der Waals surface area contributed by atoms with Gasteiger partial charge in [-0.05, 0) is 5.41 Å². The van der Waals surface area contributed by atoms with Crippen molar-refractivity contribution in [1.29, 1.82) is 0 Å². The van der Waals surface area contributed by atoms with Crippen LogP contribution in [0.15, 0.2) is 11.6 Å². The monoisotopic (exact) mass is 146 g/mol. The summed E-state index contributed by atoms with van der Waals surface area (Å²) in [5.41, 5.74) is 2.55. The maximum absolute atomic E-state index is 10.2. The summed E-state index contributed by atoms with van der Waals surface area (Å²) >= 11 is 1.43. The molecule has 0 unspecified atom stereocenters. The molecule has 1 rings (SSSR count). The minimum Gasteiger partial charge on any atom is -0.464 e. The Labute approximate surface area is 56.5 Å². The van der Waals surface area contributed by atoms with E-state index in [1.807, 2.05) is 0 Å². The zero-order chi connectivity index (χ0) is 6.69. The molecular formula is C4H6N2O2S. The van der Waals surface area contributed by atoms with Gasteiger partial charge in [-0.1, -0.05) is 0 Å². The van der Waals surface area contributed by atoms with Crippen molar-refractivity contribution in [2.75, 3.05) is 5.88 Å². The molecule has 1 heterocycles. The summed E-state index contributed by atoms with van der Waals surface area (Å²) in [7, 11) is 0. The maximum Gasteiger partial charge on any atom is 0.426 e. The first-order valence-electron chi connectivity index (χ1n) is 2.34. The summed E-state index contributed by atoms with van der Waals surface area (Å²) in [6, 6.07) is 0. The van der Waals surface area contributed by atoms with Crippen LogP contribution in [-0.4, -0.2) is 22.1 Å². The number of thioether (sulfide) groups is 1. The second kappa shape index (κ2) is 2.63. The molecule has 0 aromatic rings. The molecule has 2 N–H and O–H groups in total. The number of nitrogens with one attached hydrogen (secondary N) is 1. The zero-order valence-electron chi connectivity index (χ0n) is 4.57. The van der Waals surface area contributed by atoms with E-state index in [2.05, 4.69) is 5.43 Å². The molecule has 1 aliphatic heterocycles. The first-order chi connectivity index (χ1) is 4.30. The van der Waals surface area contributed by atoms with Crippen LogP contribution >= 0.6 is 11.8 Å². The van der Waals surface area contributed by atoms with Crippen LogP contribution in [0.4, 0.5) is 4.79 Å². The second-order valence-corrected chi connectivity index (χ2v) is 2.30. The smallest absolute Gasteiger partial charge is 0.426 e. The van der Waals surface area contributed by atoms with Gasteiger partial charge in [0.15, 0.2) is 0 Å². The summed E-state index contributed by atoms with van der Waals surface area (Å²) in [5, 5.41) is 11.3. The quantitative estimate of drug-likeness (QED) is 0.526. The highest BCUT2D eigenvalue weighted by molar-refractivity contribution is 8.02. The van der Waals surface area contributed by atoms with E-state index in [4.69, 9.17) is 5.11 Å². The number of carbonyl (C=O) groups is 1. The van der Waals surface area contributed by atoms with Crippen molar-refractivity contribution in [1.82, 2.24) is 10.4 Å². The molecule has 0 aliphatic carbocycles. The molecular weight excluding hydrogens is 140 g/mol. The Morgan fingerprint density at radius 1 is 1.89 bits per heavy atom. The Morgan fingerprint density at radius 2 is 2.67 bits per heavy atom. The zero-order valence-corrected chi connectivity index (χ0v) is 5.39. The molecule has 5 heteroatoms. The molecule has 50 valence electrons. The van der Waals surface area contributed by atoms with Gasteiger partial charge in [0, 0.05) is 6.20 Å². The number of hydrogen-bond donors (Lipinski definition) is 2. The van der Waals surface area contributed by atoms with Crippen LogP contribution in [0.1, 0.15) is 0 Å². The van der Waals surface area contributed by atoms with Gasteiger partial charge < -0.3 is 5.11 Å². The minimum atomic E-state index is -0.952. The van der Waals surface area contributed by atoms with Crippen LogP contribution < -0.4 is 5.43 Å². The largest absolute Gasteiger partial charge is 0.464 e. The molecule has 4 nitrogen and oxygen atoms in total. The summed E-state index contributed by atoms with van der Waals surface area (Å²) in [6.07, 6.45) is 0.634. The molecule has 0 aromatic heterocycles. The number of hydrogen-bond acceptors (Lipinski definition) is 3. The van der Waals surface area contributed by atoms with Gasteiger partial charge in [0.25, 0.3) is 0 Å². The third-order valence-corrected chi connectivity index (χ3v) is 1.56. The predicted molar refractivity (Wildman–Crippen MR) is 34.6 cm³/mol. The molecule has 0 fully saturated rings. The molecule has 9 heavy (non-hydrogen) atoms. The Kier molecular flexibility index (Phi) is 1.84. The van der Waals surface area contributed by atoms with Gasteiger partial charge in [-0.2, -0.15) is 0 Å². The molecule has 0 bridgehead atoms. The van der Waals surface area contributed by atoms with E-state index in [1.54, 1.807) is 11.6 Å². The minimum absolute atomic E-state index is 0.450. The van der Waals surface area contributed by atoms with Gasteiger partial charge in [0.05, 0.1) is 5.88 Å². The lowest BCUT2D eigenvalue weighted by molar-refractivity contribution is 0.140. The van der Waals surface area contributed by atoms with Crippen molar-refractivity contribution in [2.45, 2.75) is 0 Å². The molecule has 0 spiro atoms. The number of rotatable bonds is 0. The van der Waals surface area contributed by atoms with Gasteiger partial charge in [-0.15, -0.1) is 11.8 Å². The molecule has 0 aromatic carbocycles. The lowest BCUT2D eigenvalue weighted by atomic mass is 10.9. The van der Waals surface area contributed by atoms with E-state index >= 15 is 0 Å². The van der Waals surface area contributed by atoms with E-state index in [-0.39, 0.29) is 0 Å². The molecule has 0 radical (unpaired) electrons.